The normalized spacial score (nSPS) is 11.6. The van der Waals surface area contributed by atoms with Gasteiger partial charge in [0.2, 0.25) is 0 Å². The number of azo groups is 2. The number of rotatable bonds is 13. The number of nitrogens with zero attached hydrogens (tertiary/aromatic N) is 14. The van der Waals surface area contributed by atoms with Crippen LogP contribution in [0.25, 0.3) is 11.6 Å². The van der Waals surface area contributed by atoms with Crippen LogP contribution in [0.15, 0.2) is 81.6 Å². The first kappa shape index (κ1) is 34.1. The highest BCUT2D eigenvalue weighted by atomic mass is 16.5. The SMILES string of the molecule is [CH2]c1c(N=Nc2c(C(=O)OC)cnn2C)c(CCCc2nn(-c3ccccn3)c(N)c2N=Nc2c(C(=O)CO)cnn2C)nn1-c1ccccn1. The Morgan fingerprint density at radius 1 is 0.824 bits per heavy atom. The lowest BCUT2D eigenvalue weighted by Crippen LogP contribution is -2.04. The van der Waals surface area contributed by atoms with Crippen molar-refractivity contribution in [1.82, 2.24) is 49.1 Å². The van der Waals surface area contributed by atoms with Gasteiger partial charge in [-0.3, -0.25) is 4.79 Å². The number of anilines is 1. The van der Waals surface area contributed by atoms with Gasteiger partial charge in [-0.1, -0.05) is 12.1 Å². The molecule has 6 aromatic rings. The minimum absolute atomic E-state index is 0.111. The molecule has 19 heteroatoms. The molecule has 19 nitrogen and oxygen atoms in total. The summed E-state index contributed by atoms with van der Waals surface area (Å²) in [6.07, 6.45) is 7.16. The van der Waals surface area contributed by atoms with Gasteiger partial charge < -0.3 is 15.6 Å². The number of carbonyl (C=O) groups is 2. The standard InChI is InChI=1S/C32H32N15O4/c1-19-27(38-41-31-21(32(50)51-4)17-37-45(31)3)22(42-46(19)25-12-5-7-14-34-25)10-9-11-23-28(29(33)47(43-23)26-13-6-8-15-35-26)39-40-30-20(24(49)18-48)16-36-44(30)2/h5-8,12-17,48H,1,9-11,18,33H2,2-4H3. The Hall–Kier alpha value is -6.76. The summed E-state index contributed by atoms with van der Waals surface area (Å²) in [7, 11) is 4.51. The van der Waals surface area contributed by atoms with Gasteiger partial charge in [0.1, 0.15) is 17.9 Å². The Morgan fingerprint density at radius 2 is 1.37 bits per heavy atom. The predicted octanol–water partition coefficient (Wildman–Crippen LogP) is 4.05. The summed E-state index contributed by atoms with van der Waals surface area (Å²) in [4.78, 5) is 33.4. The van der Waals surface area contributed by atoms with Crippen LogP contribution in [0.5, 0.6) is 0 Å². The van der Waals surface area contributed by atoms with Crippen molar-refractivity contribution in [2.45, 2.75) is 19.3 Å². The monoisotopic (exact) mass is 690 g/mol. The molecule has 0 atom stereocenters. The molecule has 0 saturated carbocycles. The molecule has 51 heavy (non-hydrogen) atoms. The Balaban J connectivity index is 1.34. The third kappa shape index (κ3) is 6.90. The van der Waals surface area contributed by atoms with Crippen molar-refractivity contribution < 1.29 is 19.4 Å². The van der Waals surface area contributed by atoms with E-state index >= 15 is 0 Å². The summed E-state index contributed by atoms with van der Waals surface area (Å²) in [5, 5.41) is 44.6. The zero-order chi connectivity index (χ0) is 36.1. The highest BCUT2D eigenvalue weighted by Crippen LogP contribution is 2.34. The van der Waals surface area contributed by atoms with E-state index in [1.807, 2.05) is 6.07 Å². The number of nitrogens with two attached hydrogens (primary N) is 1. The molecule has 0 aliphatic carbocycles. The van der Waals surface area contributed by atoms with E-state index in [4.69, 9.17) is 20.7 Å². The molecule has 259 valence electrons. The molecule has 6 rings (SSSR count). The molecule has 0 aliphatic heterocycles. The number of pyridine rings is 2. The van der Waals surface area contributed by atoms with Gasteiger partial charge in [-0.2, -0.15) is 25.1 Å². The van der Waals surface area contributed by atoms with E-state index in [0.717, 1.165) is 0 Å². The third-order valence-electron chi connectivity index (χ3n) is 7.70. The molecule has 3 N–H and O–H groups in total. The summed E-state index contributed by atoms with van der Waals surface area (Å²) in [5.41, 5.74) is 8.95. The molecule has 1 radical (unpaired) electrons. The fourth-order valence-electron chi connectivity index (χ4n) is 5.10. The molecular weight excluding hydrogens is 658 g/mol. The number of methoxy groups -OCH3 is 1. The maximum Gasteiger partial charge on any atom is 0.343 e. The minimum Gasteiger partial charge on any atom is -0.465 e. The lowest BCUT2D eigenvalue weighted by atomic mass is 10.1. The van der Waals surface area contributed by atoms with E-state index in [9.17, 15) is 14.7 Å². The molecule has 0 fully saturated rings. The number of ether oxygens (including phenoxy) is 1. The van der Waals surface area contributed by atoms with E-state index < -0.39 is 18.4 Å². The van der Waals surface area contributed by atoms with Crippen molar-refractivity contribution in [3.63, 3.8) is 0 Å². The van der Waals surface area contributed by atoms with E-state index in [0.29, 0.717) is 53.7 Å². The van der Waals surface area contributed by atoms with Gasteiger partial charge in [-0.05, 0) is 50.5 Å². The van der Waals surface area contributed by atoms with Crippen LogP contribution < -0.4 is 5.73 Å². The summed E-state index contributed by atoms with van der Waals surface area (Å²) >= 11 is 0. The van der Waals surface area contributed by atoms with Crippen molar-refractivity contribution in [2.75, 3.05) is 19.5 Å². The van der Waals surface area contributed by atoms with Gasteiger partial charge in [0.15, 0.2) is 40.6 Å². The second-order valence-electron chi connectivity index (χ2n) is 11.0. The molecular formula is C32H32N15O4. The zero-order valence-corrected chi connectivity index (χ0v) is 27.8. The summed E-state index contributed by atoms with van der Waals surface area (Å²) in [6.45, 7) is 3.50. The molecule has 0 bridgehead atoms. The van der Waals surface area contributed by atoms with Crippen LogP contribution in [0, 0.1) is 6.92 Å². The maximum absolute atomic E-state index is 12.3. The van der Waals surface area contributed by atoms with Crippen LogP contribution in [0.1, 0.15) is 44.2 Å². The first-order valence-electron chi connectivity index (χ1n) is 15.5. The van der Waals surface area contributed by atoms with Gasteiger partial charge in [-0.15, -0.1) is 20.5 Å². The molecule has 0 spiro atoms. The third-order valence-corrected chi connectivity index (χ3v) is 7.70. The Labute approximate surface area is 290 Å². The van der Waals surface area contributed by atoms with Crippen molar-refractivity contribution >= 4 is 40.6 Å². The van der Waals surface area contributed by atoms with Crippen LogP contribution in [0.2, 0.25) is 0 Å². The van der Waals surface area contributed by atoms with Crippen molar-refractivity contribution in [3.05, 3.63) is 96.3 Å². The summed E-state index contributed by atoms with van der Waals surface area (Å²) in [6, 6.07) is 10.7. The number of nitrogen functional groups attached to an aromatic ring is 1. The molecule has 0 unspecified atom stereocenters. The van der Waals surface area contributed by atoms with Crippen LogP contribution in [0.3, 0.4) is 0 Å². The minimum atomic E-state index is -0.708. The number of aromatic nitrogens is 10. The first-order chi connectivity index (χ1) is 24.7. The first-order valence-corrected chi connectivity index (χ1v) is 15.5. The van der Waals surface area contributed by atoms with Gasteiger partial charge in [-0.25, -0.2) is 28.8 Å². The van der Waals surface area contributed by atoms with E-state index in [1.54, 1.807) is 61.5 Å². The smallest absolute Gasteiger partial charge is 0.343 e. The van der Waals surface area contributed by atoms with Gasteiger partial charge in [0.05, 0.1) is 42.1 Å². The van der Waals surface area contributed by atoms with Crippen LogP contribution in [-0.2, 0) is 31.7 Å². The number of esters is 1. The molecule has 0 aliphatic rings. The molecule has 0 aromatic carbocycles. The topological polar surface area (TPSA) is 236 Å². The number of aliphatic hydroxyl groups is 1. The van der Waals surface area contributed by atoms with Crippen LogP contribution in [-0.4, -0.2) is 79.7 Å². The molecule has 6 heterocycles. The highest BCUT2D eigenvalue weighted by Gasteiger charge is 2.22. The van der Waals surface area contributed by atoms with Crippen molar-refractivity contribution in [2.24, 2.45) is 34.6 Å². The largest absolute Gasteiger partial charge is 0.465 e. The average molecular weight is 691 g/mol. The van der Waals surface area contributed by atoms with E-state index in [1.165, 1.54) is 33.5 Å². The fourth-order valence-corrected chi connectivity index (χ4v) is 5.10. The fraction of sp³-hybridized carbons (Fsp3) is 0.219. The zero-order valence-electron chi connectivity index (χ0n) is 27.8. The molecule has 0 amide bonds. The second-order valence-corrected chi connectivity index (χ2v) is 11.0. The van der Waals surface area contributed by atoms with Crippen molar-refractivity contribution in [1.29, 1.82) is 0 Å². The maximum atomic E-state index is 12.3. The number of aryl methyl sites for hydroxylation is 4. The van der Waals surface area contributed by atoms with Gasteiger partial charge in [0, 0.05) is 26.5 Å². The van der Waals surface area contributed by atoms with Gasteiger partial charge in [0.25, 0.3) is 0 Å². The van der Waals surface area contributed by atoms with Crippen LogP contribution in [0.4, 0.5) is 28.8 Å². The van der Waals surface area contributed by atoms with Crippen LogP contribution >= 0.6 is 0 Å². The number of hydrogen-bond donors (Lipinski definition) is 2. The predicted molar refractivity (Wildman–Crippen MR) is 181 cm³/mol. The average Bonchev–Trinajstić information content (AvgIpc) is 3.89. The number of aliphatic hydroxyl groups excluding tert-OH is 1. The Morgan fingerprint density at radius 3 is 1.96 bits per heavy atom. The molecule has 6 aromatic heterocycles. The number of hydrogen-bond acceptors (Lipinski definition) is 15. The molecule has 0 saturated heterocycles. The second kappa shape index (κ2) is 14.8. The Bertz CT molecular complexity index is 2090. The van der Waals surface area contributed by atoms with Gasteiger partial charge >= 0.3 is 5.97 Å². The number of Topliss-reactive ketones (excluding diaryl/α,β-unsaturated/α-hetero) is 1. The van der Waals surface area contributed by atoms with Crippen molar-refractivity contribution in [3.8, 4) is 11.6 Å². The van der Waals surface area contributed by atoms with E-state index in [2.05, 4.69) is 47.5 Å². The highest BCUT2D eigenvalue weighted by molar-refractivity contribution is 6.00. The lowest BCUT2D eigenvalue weighted by molar-refractivity contribution is 0.0601. The van der Waals surface area contributed by atoms with E-state index in [-0.39, 0.29) is 34.3 Å². The quantitative estimate of drug-likeness (QED) is 0.0996. The number of carbonyl (C=O) groups excluding carboxylic acids is 2. The Kier molecular flexibility index (Phi) is 9.89. The summed E-state index contributed by atoms with van der Waals surface area (Å²) in [5.74, 6) is 0.355. The number of ketones is 1. The summed E-state index contributed by atoms with van der Waals surface area (Å²) < 4.78 is 10.7. The lowest BCUT2D eigenvalue weighted by Gasteiger charge is -2.02.